The average molecular weight is 252 g/mol. The highest BCUT2D eigenvalue weighted by molar-refractivity contribution is 5.76. The Morgan fingerprint density at radius 2 is 2.44 bits per heavy atom. The second-order valence-corrected chi connectivity index (χ2v) is 4.48. The first-order chi connectivity index (χ1) is 8.79. The van der Waals surface area contributed by atoms with Gasteiger partial charge in [0.05, 0.1) is 13.2 Å². The third-order valence-electron chi connectivity index (χ3n) is 2.82. The van der Waals surface area contributed by atoms with Crippen molar-refractivity contribution >= 4 is 5.91 Å². The van der Waals surface area contributed by atoms with Gasteiger partial charge in [0.2, 0.25) is 5.91 Å². The third kappa shape index (κ3) is 4.12. The third-order valence-corrected chi connectivity index (χ3v) is 2.82. The second-order valence-electron chi connectivity index (χ2n) is 4.48. The van der Waals surface area contributed by atoms with Gasteiger partial charge in [-0.1, -0.05) is 0 Å². The molecule has 1 saturated carbocycles. The zero-order valence-corrected chi connectivity index (χ0v) is 10.7. The Bertz CT molecular complexity index is 387. The maximum absolute atomic E-state index is 11.7. The van der Waals surface area contributed by atoms with Crippen molar-refractivity contribution in [3.05, 3.63) is 18.2 Å². The van der Waals surface area contributed by atoms with E-state index in [1.165, 1.54) is 0 Å². The van der Waals surface area contributed by atoms with Gasteiger partial charge in [-0.3, -0.25) is 4.79 Å². The van der Waals surface area contributed by atoms with E-state index in [0.717, 1.165) is 25.2 Å². The molecule has 1 amide bonds. The number of carbonyl (C=O) groups excluding carboxylic acids is 1. The summed E-state index contributed by atoms with van der Waals surface area (Å²) in [5, 5.41) is 6.18. The normalized spacial score (nSPS) is 14.7. The van der Waals surface area contributed by atoms with Crippen molar-refractivity contribution in [1.29, 1.82) is 0 Å². The number of nitrogens with zero attached hydrogens (tertiary/aromatic N) is 2. The van der Waals surface area contributed by atoms with Crippen LogP contribution in [0.4, 0.5) is 0 Å². The van der Waals surface area contributed by atoms with Gasteiger partial charge < -0.3 is 19.9 Å². The van der Waals surface area contributed by atoms with Crippen molar-refractivity contribution in [1.82, 2.24) is 20.2 Å². The van der Waals surface area contributed by atoms with E-state index >= 15 is 0 Å². The lowest BCUT2D eigenvalue weighted by atomic mass is 10.5. The molecule has 6 heteroatoms. The van der Waals surface area contributed by atoms with Crippen LogP contribution in [0.5, 0.6) is 0 Å². The second kappa shape index (κ2) is 6.51. The topological polar surface area (TPSA) is 68.2 Å². The van der Waals surface area contributed by atoms with Crippen LogP contribution in [0.15, 0.2) is 12.4 Å². The summed E-state index contributed by atoms with van der Waals surface area (Å²) in [7, 11) is 1.67. The highest BCUT2D eigenvalue weighted by atomic mass is 16.5. The number of methoxy groups -OCH3 is 1. The van der Waals surface area contributed by atoms with Crippen LogP contribution in [0.2, 0.25) is 0 Å². The molecule has 6 nitrogen and oxygen atoms in total. The molecule has 0 aliphatic heterocycles. The number of hydrogen-bond donors (Lipinski definition) is 2. The summed E-state index contributed by atoms with van der Waals surface area (Å²) in [5.74, 6) is 0.936. The Morgan fingerprint density at radius 1 is 1.61 bits per heavy atom. The first-order valence-electron chi connectivity index (χ1n) is 6.28. The summed E-state index contributed by atoms with van der Waals surface area (Å²) in [4.78, 5) is 15.9. The molecule has 1 aromatic rings. The molecule has 1 fully saturated rings. The molecule has 0 saturated heterocycles. The minimum Gasteiger partial charge on any atom is -0.383 e. The monoisotopic (exact) mass is 252 g/mol. The quantitative estimate of drug-likeness (QED) is 0.634. The minimum absolute atomic E-state index is 0.0636. The van der Waals surface area contributed by atoms with Gasteiger partial charge in [-0.15, -0.1) is 0 Å². The molecule has 100 valence electrons. The van der Waals surface area contributed by atoms with E-state index in [1.807, 2.05) is 10.8 Å². The van der Waals surface area contributed by atoms with Crippen molar-refractivity contribution in [3.63, 3.8) is 0 Å². The lowest BCUT2D eigenvalue weighted by Gasteiger charge is -2.09. The van der Waals surface area contributed by atoms with Crippen molar-refractivity contribution in [2.45, 2.75) is 32.0 Å². The summed E-state index contributed by atoms with van der Waals surface area (Å²) in [6.07, 6.45) is 5.78. The summed E-state index contributed by atoms with van der Waals surface area (Å²) < 4.78 is 6.83. The minimum atomic E-state index is 0.0636. The van der Waals surface area contributed by atoms with E-state index in [0.29, 0.717) is 25.7 Å². The highest BCUT2D eigenvalue weighted by Crippen LogP contribution is 2.18. The van der Waals surface area contributed by atoms with Crippen molar-refractivity contribution < 1.29 is 9.53 Å². The molecule has 0 unspecified atom stereocenters. The summed E-state index contributed by atoms with van der Waals surface area (Å²) in [5.41, 5.74) is 0. The maximum atomic E-state index is 11.7. The van der Waals surface area contributed by atoms with Crippen LogP contribution >= 0.6 is 0 Å². The number of rotatable bonds is 8. The van der Waals surface area contributed by atoms with E-state index in [1.54, 1.807) is 13.3 Å². The fourth-order valence-electron chi connectivity index (χ4n) is 1.68. The molecule has 0 spiro atoms. The Hall–Kier alpha value is -1.40. The zero-order valence-electron chi connectivity index (χ0n) is 10.7. The largest absolute Gasteiger partial charge is 0.383 e. The van der Waals surface area contributed by atoms with Gasteiger partial charge in [0.1, 0.15) is 12.4 Å². The number of aromatic nitrogens is 2. The molecular weight excluding hydrogens is 232 g/mol. The SMILES string of the molecule is COCCNCc1nccn1CC(=O)NC1CC1. The first kappa shape index (κ1) is 13.0. The van der Waals surface area contributed by atoms with Crippen LogP contribution < -0.4 is 10.6 Å². The van der Waals surface area contributed by atoms with E-state index in [9.17, 15) is 4.79 Å². The van der Waals surface area contributed by atoms with Gasteiger partial charge in [-0.05, 0) is 12.8 Å². The Balaban J connectivity index is 1.76. The average Bonchev–Trinajstić information content (AvgIpc) is 3.05. The maximum Gasteiger partial charge on any atom is 0.240 e. The smallest absolute Gasteiger partial charge is 0.240 e. The number of imidazole rings is 1. The predicted molar refractivity (Wildman–Crippen MR) is 67.0 cm³/mol. The van der Waals surface area contributed by atoms with Crippen LogP contribution in [0, 0.1) is 0 Å². The van der Waals surface area contributed by atoms with Crippen LogP contribution in [-0.2, 0) is 22.6 Å². The van der Waals surface area contributed by atoms with E-state index in [4.69, 9.17) is 4.74 Å². The molecule has 1 aliphatic carbocycles. The van der Waals surface area contributed by atoms with Gasteiger partial charge in [0, 0.05) is 32.1 Å². The summed E-state index contributed by atoms with van der Waals surface area (Å²) in [6.45, 7) is 2.44. The molecule has 18 heavy (non-hydrogen) atoms. The molecule has 0 atom stereocenters. The number of amides is 1. The van der Waals surface area contributed by atoms with Crippen LogP contribution in [0.25, 0.3) is 0 Å². The first-order valence-corrected chi connectivity index (χ1v) is 6.28. The zero-order chi connectivity index (χ0) is 12.8. The Labute approximate surface area is 107 Å². The standard InChI is InChI=1S/C12H20N4O2/c1-18-7-5-13-8-11-14-4-6-16(11)9-12(17)15-10-2-3-10/h4,6,10,13H,2-3,5,7-9H2,1H3,(H,15,17). The molecule has 0 radical (unpaired) electrons. The summed E-state index contributed by atoms with van der Waals surface area (Å²) in [6, 6.07) is 0.407. The number of nitrogens with one attached hydrogen (secondary N) is 2. The molecule has 1 heterocycles. The highest BCUT2D eigenvalue weighted by Gasteiger charge is 2.23. The van der Waals surface area contributed by atoms with Crippen LogP contribution in [0.1, 0.15) is 18.7 Å². The van der Waals surface area contributed by atoms with Gasteiger partial charge in [-0.25, -0.2) is 4.98 Å². The van der Waals surface area contributed by atoms with Crippen LogP contribution in [-0.4, -0.2) is 41.8 Å². The fraction of sp³-hybridized carbons (Fsp3) is 0.667. The Kier molecular flexibility index (Phi) is 4.72. The molecule has 2 rings (SSSR count). The number of carbonyl (C=O) groups is 1. The van der Waals surface area contributed by atoms with Gasteiger partial charge in [-0.2, -0.15) is 0 Å². The molecule has 1 aliphatic rings. The predicted octanol–water partition coefficient (Wildman–Crippen LogP) is -0.102. The number of hydrogen-bond acceptors (Lipinski definition) is 4. The lowest BCUT2D eigenvalue weighted by molar-refractivity contribution is -0.121. The molecular formula is C12H20N4O2. The van der Waals surface area contributed by atoms with Gasteiger partial charge >= 0.3 is 0 Å². The molecule has 0 bridgehead atoms. The number of ether oxygens (including phenoxy) is 1. The van der Waals surface area contributed by atoms with E-state index in [-0.39, 0.29) is 5.91 Å². The van der Waals surface area contributed by atoms with Crippen molar-refractivity contribution in [2.75, 3.05) is 20.3 Å². The molecule has 2 N–H and O–H groups in total. The van der Waals surface area contributed by atoms with E-state index in [2.05, 4.69) is 15.6 Å². The fourth-order valence-corrected chi connectivity index (χ4v) is 1.68. The Morgan fingerprint density at radius 3 is 3.17 bits per heavy atom. The van der Waals surface area contributed by atoms with E-state index < -0.39 is 0 Å². The lowest BCUT2D eigenvalue weighted by Crippen LogP contribution is -2.30. The van der Waals surface area contributed by atoms with Gasteiger partial charge in [0.15, 0.2) is 0 Å². The van der Waals surface area contributed by atoms with Gasteiger partial charge in [0.25, 0.3) is 0 Å². The molecule has 1 aromatic heterocycles. The van der Waals surface area contributed by atoms with Crippen molar-refractivity contribution in [2.24, 2.45) is 0 Å². The summed E-state index contributed by atoms with van der Waals surface area (Å²) >= 11 is 0. The molecule has 0 aromatic carbocycles. The van der Waals surface area contributed by atoms with Crippen molar-refractivity contribution in [3.8, 4) is 0 Å². The van der Waals surface area contributed by atoms with Crippen LogP contribution in [0.3, 0.4) is 0 Å².